The minimum absolute atomic E-state index is 0.457. The molecule has 8 heteroatoms. The van der Waals surface area contributed by atoms with Gasteiger partial charge in [-0.05, 0) is 12.8 Å². The highest BCUT2D eigenvalue weighted by atomic mass is 32.2. The van der Waals surface area contributed by atoms with E-state index in [9.17, 15) is 13.2 Å². The van der Waals surface area contributed by atoms with Crippen molar-refractivity contribution in [2.24, 2.45) is 5.73 Å². The van der Waals surface area contributed by atoms with Crippen LogP contribution in [0.5, 0.6) is 0 Å². The molecule has 1 aliphatic rings. The van der Waals surface area contributed by atoms with Gasteiger partial charge in [-0.2, -0.15) is 8.42 Å². The minimum atomic E-state index is -3.67. The van der Waals surface area contributed by atoms with Gasteiger partial charge in [0.2, 0.25) is 0 Å². The molecule has 7 nitrogen and oxygen atoms in total. The van der Waals surface area contributed by atoms with E-state index in [0.29, 0.717) is 6.26 Å². The van der Waals surface area contributed by atoms with Gasteiger partial charge in [0.25, 0.3) is 10.1 Å². The predicted octanol–water partition coefficient (Wildman–Crippen LogP) is -0.440. The Morgan fingerprint density at radius 2 is 1.73 bits per heavy atom. The zero-order chi connectivity index (χ0) is 11.9. The van der Waals surface area contributed by atoms with Crippen molar-refractivity contribution in [3.8, 4) is 0 Å². The zero-order valence-corrected chi connectivity index (χ0v) is 9.46. The molecule has 0 aromatic carbocycles. The lowest BCUT2D eigenvalue weighted by atomic mass is 10.2. The van der Waals surface area contributed by atoms with Gasteiger partial charge in [0, 0.05) is 13.1 Å². The molecule has 4 N–H and O–H groups in total. The highest BCUT2D eigenvalue weighted by Crippen LogP contribution is 2.04. The first-order valence-electron chi connectivity index (χ1n) is 4.52. The number of nitrogens with zero attached hydrogens (tertiary/aromatic N) is 1. The molecule has 0 unspecified atom stereocenters. The second kappa shape index (κ2) is 6.59. The summed E-state index contributed by atoms with van der Waals surface area (Å²) in [6.45, 7) is 1.87. The molecule has 1 aliphatic heterocycles. The van der Waals surface area contributed by atoms with Gasteiger partial charge in [-0.15, -0.1) is 0 Å². The van der Waals surface area contributed by atoms with Gasteiger partial charge in [0.15, 0.2) is 0 Å². The predicted molar refractivity (Wildman–Crippen MR) is 55.6 cm³/mol. The van der Waals surface area contributed by atoms with E-state index in [1.54, 1.807) is 0 Å². The maximum Gasteiger partial charge on any atom is 0.326 e. The van der Waals surface area contributed by atoms with E-state index in [4.69, 9.17) is 10.3 Å². The molecule has 0 radical (unpaired) electrons. The first kappa shape index (κ1) is 14.1. The van der Waals surface area contributed by atoms with Crippen molar-refractivity contribution in [3.63, 3.8) is 0 Å². The van der Waals surface area contributed by atoms with Crippen LogP contribution in [0.25, 0.3) is 0 Å². The van der Waals surface area contributed by atoms with Crippen molar-refractivity contribution in [3.05, 3.63) is 0 Å². The van der Waals surface area contributed by atoms with E-state index in [1.165, 1.54) is 6.42 Å². The SMILES string of the molecule is CS(=O)(=O)O.NC(=O)NN1CCCCC1. The molecule has 1 fully saturated rings. The topological polar surface area (TPSA) is 113 Å². The number of carbonyl (C=O) groups excluding carboxylic acids is 1. The molecule has 0 atom stereocenters. The summed E-state index contributed by atoms with van der Waals surface area (Å²) in [7, 11) is -3.67. The summed E-state index contributed by atoms with van der Waals surface area (Å²) in [6, 6.07) is -0.457. The van der Waals surface area contributed by atoms with E-state index in [1.807, 2.05) is 5.01 Å². The summed E-state index contributed by atoms with van der Waals surface area (Å²) in [5.41, 5.74) is 7.49. The van der Waals surface area contributed by atoms with Crippen LogP contribution in [0, 0.1) is 0 Å². The smallest absolute Gasteiger partial charge is 0.326 e. The summed E-state index contributed by atoms with van der Waals surface area (Å²) in [4.78, 5) is 10.3. The molecule has 0 aromatic rings. The average Bonchev–Trinajstić information content (AvgIpc) is 2.01. The number of rotatable bonds is 1. The number of carbonyl (C=O) groups is 1. The van der Waals surface area contributed by atoms with Crippen LogP contribution in [-0.2, 0) is 10.1 Å². The van der Waals surface area contributed by atoms with E-state index < -0.39 is 16.1 Å². The Hall–Kier alpha value is -0.860. The van der Waals surface area contributed by atoms with E-state index >= 15 is 0 Å². The molecule has 0 aromatic heterocycles. The highest BCUT2D eigenvalue weighted by Gasteiger charge is 2.09. The molecule has 0 bridgehead atoms. The highest BCUT2D eigenvalue weighted by molar-refractivity contribution is 7.85. The van der Waals surface area contributed by atoms with Crippen molar-refractivity contribution in [1.29, 1.82) is 0 Å². The van der Waals surface area contributed by atoms with Crippen LogP contribution in [0.15, 0.2) is 0 Å². The van der Waals surface area contributed by atoms with Crippen LogP contribution in [0.2, 0.25) is 0 Å². The number of nitrogens with one attached hydrogen (secondary N) is 1. The average molecular weight is 239 g/mol. The normalized spacial score (nSPS) is 17.5. The summed E-state index contributed by atoms with van der Waals surface area (Å²) in [5, 5.41) is 1.87. The first-order valence-corrected chi connectivity index (χ1v) is 6.37. The number of nitrogens with two attached hydrogens (primary N) is 1. The fourth-order valence-corrected chi connectivity index (χ4v) is 1.16. The Labute approximate surface area is 89.3 Å². The van der Waals surface area contributed by atoms with Crippen molar-refractivity contribution in [2.45, 2.75) is 19.3 Å². The van der Waals surface area contributed by atoms with Crippen LogP contribution in [0.1, 0.15) is 19.3 Å². The van der Waals surface area contributed by atoms with E-state index in [-0.39, 0.29) is 0 Å². The third kappa shape index (κ3) is 13.1. The summed E-state index contributed by atoms with van der Waals surface area (Å²) >= 11 is 0. The van der Waals surface area contributed by atoms with Gasteiger partial charge in [-0.25, -0.2) is 9.80 Å². The molecular formula is C7H17N3O4S. The largest absolute Gasteiger partial charge is 0.351 e. The lowest BCUT2D eigenvalue weighted by Gasteiger charge is -2.25. The molecule has 90 valence electrons. The summed E-state index contributed by atoms with van der Waals surface area (Å²) < 4.78 is 25.9. The molecule has 0 saturated carbocycles. The summed E-state index contributed by atoms with van der Waals surface area (Å²) in [5.74, 6) is 0. The van der Waals surface area contributed by atoms with Crippen molar-refractivity contribution >= 4 is 16.1 Å². The van der Waals surface area contributed by atoms with E-state index in [0.717, 1.165) is 25.9 Å². The molecule has 2 amide bonds. The number of primary amides is 1. The second-order valence-electron chi connectivity index (χ2n) is 3.26. The van der Waals surface area contributed by atoms with Gasteiger partial charge in [-0.3, -0.25) is 9.98 Å². The number of amides is 2. The van der Waals surface area contributed by atoms with Crippen molar-refractivity contribution < 1.29 is 17.8 Å². The molecule has 1 heterocycles. The van der Waals surface area contributed by atoms with Crippen LogP contribution in [0.3, 0.4) is 0 Å². The van der Waals surface area contributed by atoms with E-state index in [2.05, 4.69) is 5.43 Å². The second-order valence-corrected chi connectivity index (χ2v) is 4.72. The molecular weight excluding hydrogens is 222 g/mol. The Kier molecular flexibility index (Phi) is 6.21. The number of piperidine rings is 1. The van der Waals surface area contributed by atoms with Crippen LogP contribution in [0.4, 0.5) is 4.79 Å². The van der Waals surface area contributed by atoms with Gasteiger partial charge in [0.1, 0.15) is 0 Å². The molecule has 15 heavy (non-hydrogen) atoms. The van der Waals surface area contributed by atoms with Crippen LogP contribution >= 0.6 is 0 Å². The molecule has 0 spiro atoms. The fraction of sp³-hybridized carbons (Fsp3) is 0.857. The van der Waals surface area contributed by atoms with Gasteiger partial charge in [-0.1, -0.05) is 6.42 Å². The first-order chi connectivity index (χ1) is 6.79. The summed E-state index contributed by atoms with van der Waals surface area (Å²) in [6.07, 6.45) is 4.28. The molecule has 0 aliphatic carbocycles. The zero-order valence-electron chi connectivity index (χ0n) is 8.64. The lowest BCUT2D eigenvalue weighted by molar-refractivity contribution is 0.160. The van der Waals surface area contributed by atoms with Crippen LogP contribution in [-0.4, -0.2) is 43.4 Å². The lowest BCUT2D eigenvalue weighted by Crippen LogP contribution is -2.47. The van der Waals surface area contributed by atoms with Crippen molar-refractivity contribution in [2.75, 3.05) is 19.3 Å². The fourth-order valence-electron chi connectivity index (χ4n) is 1.16. The van der Waals surface area contributed by atoms with Crippen LogP contribution < -0.4 is 11.2 Å². The van der Waals surface area contributed by atoms with Gasteiger partial charge < -0.3 is 5.73 Å². The third-order valence-electron chi connectivity index (χ3n) is 1.62. The Morgan fingerprint density at radius 3 is 2.07 bits per heavy atom. The van der Waals surface area contributed by atoms with Gasteiger partial charge >= 0.3 is 6.03 Å². The van der Waals surface area contributed by atoms with Crippen molar-refractivity contribution in [1.82, 2.24) is 10.4 Å². The van der Waals surface area contributed by atoms with Gasteiger partial charge in [0.05, 0.1) is 6.26 Å². The Morgan fingerprint density at radius 1 is 1.33 bits per heavy atom. The number of hydrogen-bond acceptors (Lipinski definition) is 4. The monoisotopic (exact) mass is 239 g/mol. The quantitative estimate of drug-likeness (QED) is 0.537. The molecule has 1 rings (SSSR count). The Bertz CT molecular complexity index is 277. The molecule has 1 saturated heterocycles. The third-order valence-corrected chi connectivity index (χ3v) is 1.62. The maximum atomic E-state index is 10.3. The standard InChI is InChI=1S/C6H13N3O.CH4O3S/c7-6(10)8-9-4-2-1-3-5-9;1-5(2,3)4/h1-5H2,(H3,7,8,10);1H3,(H,2,3,4). The number of hydrogen-bond donors (Lipinski definition) is 3. The minimum Gasteiger partial charge on any atom is -0.351 e. The number of hydrazine groups is 1. The Balaban J connectivity index is 0.000000336. The number of urea groups is 1. The maximum absolute atomic E-state index is 10.3.